The summed E-state index contributed by atoms with van der Waals surface area (Å²) in [4.78, 5) is 0. The Kier molecular flexibility index (Phi) is 5.23. The summed E-state index contributed by atoms with van der Waals surface area (Å²) >= 11 is 3.52. The minimum atomic E-state index is 0.354. The molecule has 1 aromatic heterocycles. The number of nitrogens with zero attached hydrogens (tertiary/aromatic N) is 1. The van der Waals surface area contributed by atoms with Gasteiger partial charge in [-0.1, -0.05) is 35.0 Å². The van der Waals surface area contributed by atoms with Crippen LogP contribution < -0.4 is 5.32 Å². The summed E-state index contributed by atoms with van der Waals surface area (Å²) < 4.78 is 3.38. The van der Waals surface area contributed by atoms with Crippen molar-refractivity contribution in [3.05, 3.63) is 58.3 Å². The average molecular weight is 321 g/mol. The van der Waals surface area contributed by atoms with Crippen LogP contribution in [0.5, 0.6) is 0 Å². The molecule has 1 aromatic carbocycles. The van der Waals surface area contributed by atoms with Gasteiger partial charge in [0.1, 0.15) is 0 Å². The largest absolute Gasteiger partial charge is 0.354 e. The quantitative estimate of drug-likeness (QED) is 0.828. The van der Waals surface area contributed by atoms with Crippen LogP contribution in [0.4, 0.5) is 0 Å². The summed E-state index contributed by atoms with van der Waals surface area (Å²) in [6, 6.07) is 11.0. The first-order chi connectivity index (χ1) is 9.19. The molecule has 0 radical (unpaired) electrons. The van der Waals surface area contributed by atoms with E-state index in [1.165, 1.54) is 17.5 Å². The molecule has 2 rings (SSSR count). The number of aromatic nitrogens is 1. The van der Waals surface area contributed by atoms with E-state index in [1.54, 1.807) is 0 Å². The number of nitrogens with one attached hydrogen (secondary N) is 1. The third-order valence-electron chi connectivity index (χ3n) is 3.25. The van der Waals surface area contributed by atoms with E-state index in [1.807, 2.05) is 0 Å². The Balaban J connectivity index is 1.90. The maximum Gasteiger partial charge on any atom is 0.0295 e. The molecule has 3 heteroatoms. The number of aryl methyl sites for hydroxylation is 1. The van der Waals surface area contributed by atoms with Gasteiger partial charge < -0.3 is 9.88 Å². The van der Waals surface area contributed by atoms with Gasteiger partial charge in [-0.2, -0.15) is 0 Å². The van der Waals surface area contributed by atoms with Crippen LogP contribution in [0.25, 0.3) is 0 Å². The third-order valence-corrected chi connectivity index (χ3v) is 3.75. The van der Waals surface area contributed by atoms with E-state index in [-0.39, 0.29) is 0 Å². The van der Waals surface area contributed by atoms with Crippen LogP contribution in [0.3, 0.4) is 0 Å². The molecule has 2 nitrogen and oxygen atoms in total. The monoisotopic (exact) mass is 320 g/mol. The van der Waals surface area contributed by atoms with Crippen LogP contribution in [0.2, 0.25) is 0 Å². The molecule has 2 aromatic rings. The van der Waals surface area contributed by atoms with Gasteiger partial charge in [-0.15, -0.1) is 0 Å². The molecular weight excluding hydrogens is 300 g/mol. The van der Waals surface area contributed by atoms with E-state index in [0.717, 1.165) is 17.6 Å². The molecule has 0 saturated heterocycles. The van der Waals surface area contributed by atoms with Crippen LogP contribution in [0.15, 0.2) is 47.2 Å². The second-order valence-electron chi connectivity index (χ2n) is 4.92. The van der Waals surface area contributed by atoms with Gasteiger partial charge in [0, 0.05) is 36.0 Å². The maximum absolute atomic E-state index is 3.56. The molecule has 0 aliphatic rings. The van der Waals surface area contributed by atoms with Crippen molar-refractivity contribution >= 4 is 15.9 Å². The topological polar surface area (TPSA) is 17.0 Å². The van der Waals surface area contributed by atoms with Crippen molar-refractivity contribution in [1.82, 2.24) is 9.88 Å². The second kappa shape index (κ2) is 6.92. The molecule has 0 aliphatic heterocycles. The van der Waals surface area contributed by atoms with Crippen LogP contribution in [-0.2, 0) is 13.1 Å². The van der Waals surface area contributed by atoms with E-state index in [2.05, 4.69) is 82.4 Å². The van der Waals surface area contributed by atoms with Crippen molar-refractivity contribution in [2.24, 2.45) is 0 Å². The number of halogens is 1. The van der Waals surface area contributed by atoms with Crippen molar-refractivity contribution in [3.63, 3.8) is 0 Å². The van der Waals surface area contributed by atoms with E-state index < -0.39 is 0 Å². The minimum Gasteiger partial charge on any atom is -0.354 e. The minimum absolute atomic E-state index is 0.354. The number of benzene rings is 1. The Morgan fingerprint density at radius 3 is 2.89 bits per heavy atom. The lowest BCUT2D eigenvalue weighted by molar-refractivity contribution is 0.573. The highest BCUT2D eigenvalue weighted by Gasteiger charge is 2.05. The highest BCUT2D eigenvalue weighted by atomic mass is 79.9. The molecule has 1 heterocycles. The third kappa shape index (κ3) is 4.22. The molecule has 102 valence electrons. The molecule has 0 aliphatic carbocycles. The van der Waals surface area contributed by atoms with Crippen LogP contribution >= 0.6 is 15.9 Å². The van der Waals surface area contributed by atoms with Crippen molar-refractivity contribution in [2.45, 2.75) is 39.4 Å². The Hall–Kier alpha value is -1.06. The van der Waals surface area contributed by atoms with Gasteiger partial charge >= 0.3 is 0 Å². The Labute approximate surface area is 124 Å². The molecule has 1 N–H and O–H groups in total. The Morgan fingerprint density at radius 2 is 2.16 bits per heavy atom. The lowest BCUT2D eigenvalue weighted by atomic mass is 10.1. The standard InChI is InChI=1S/C16H21BrN2/c1-3-8-19-9-7-14(12-19)11-18-13(2)15-5-4-6-16(17)10-15/h4-7,9-10,12-13,18H,3,8,11H2,1-2H3/t13-/m1/s1. The summed E-state index contributed by atoms with van der Waals surface area (Å²) in [6.45, 7) is 6.41. The average Bonchev–Trinajstić information content (AvgIpc) is 2.84. The molecule has 19 heavy (non-hydrogen) atoms. The fourth-order valence-electron chi connectivity index (χ4n) is 2.16. The molecule has 0 unspecified atom stereocenters. The summed E-state index contributed by atoms with van der Waals surface area (Å²) in [5, 5.41) is 3.56. The zero-order valence-corrected chi connectivity index (χ0v) is 13.2. The summed E-state index contributed by atoms with van der Waals surface area (Å²) in [6.07, 6.45) is 5.56. The Bertz CT molecular complexity index is 519. The first kappa shape index (κ1) is 14.4. The van der Waals surface area contributed by atoms with Crippen LogP contribution in [-0.4, -0.2) is 4.57 Å². The predicted octanol–water partition coefficient (Wildman–Crippen LogP) is 4.51. The normalized spacial score (nSPS) is 12.6. The van der Waals surface area contributed by atoms with Crippen molar-refractivity contribution in [2.75, 3.05) is 0 Å². The molecule has 1 atom stereocenters. The van der Waals surface area contributed by atoms with Gasteiger partial charge in [0.15, 0.2) is 0 Å². The lowest BCUT2D eigenvalue weighted by Crippen LogP contribution is -2.17. The molecule has 0 saturated carbocycles. The molecule has 0 spiro atoms. The SMILES string of the molecule is CCCn1ccc(CN[C@H](C)c2cccc(Br)c2)c1. The van der Waals surface area contributed by atoms with Crippen LogP contribution in [0.1, 0.15) is 37.4 Å². The van der Waals surface area contributed by atoms with E-state index in [4.69, 9.17) is 0 Å². The van der Waals surface area contributed by atoms with E-state index in [0.29, 0.717) is 6.04 Å². The van der Waals surface area contributed by atoms with E-state index in [9.17, 15) is 0 Å². The highest BCUT2D eigenvalue weighted by molar-refractivity contribution is 9.10. The second-order valence-corrected chi connectivity index (χ2v) is 5.83. The fourth-order valence-corrected chi connectivity index (χ4v) is 2.57. The first-order valence-electron chi connectivity index (χ1n) is 6.82. The predicted molar refractivity (Wildman–Crippen MR) is 84.1 cm³/mol. The van der Waals surface area contributed by atoms with Gasteiger partial charge in [-0.05, 0) is 42.7 Å². The molecular formula is C16H21BrN2. The fraction of sp³-hybridized carbons (Fsp3) is 0.375. The van der Waals surface area contributed by atoms with Gasteiger partial charge in [0.05, 0.1) is 0 Å². The smallest absolute Gasteiger partial charge is 0.0295 e. The Morgan fingerprint density at radius 1 is 1.32 bits per heavy atom. The molecule has 0 fully saturated rings. The van der Waals surface area contributed by atoms with Gasteiger partial charge in [0.25, 0.3) is 0 Å². The van der Waals surface area contributed by atoms with Crippen molar-refractivity contribution < 1.29 is 0 Å². The summed E-state index contributed by atoms with van der Waals surface area (Å²) in [7, 11) is 0. The number of hydrogen-bond acceptors (Lipinski definition) is 1. The molecule has 0 bridgehead atoms. The molecule has 0 amide bonds. The van der Waals surface area contributed by atoms with Gasteiger partial charge in [0.2, 0.25) is 0 Å². The number of rotatable bonds is 6. The zero-order chi connectivity index (χ0) is 13.7. The highest BCUT2D eigenvalue weighted by Crippen LogP contribution is 2.18. The maximum atomic E-state index is 3.56. The van der Waals surface area contributed by atoms with Crippen molar-refractivity contribution in [1.29, 1.82) is 0 Å². The first-order valence-corrected chi connectivity index (χ1v) is 7.62. The van der Waals surface area contributed by atoms with Crippen molar-refractivity contribution in [3.8, 4) is 0 Å². The zero-order valence-electron chi connectivity index (χ0n) is 11.6. The number of hydrogen-bond donors (Lipinski definition) is 1. The van der Waals surface area contributed by atoms with Crippen LogP contribution in [0, 0.1) is 0 Å². The van der Waals surface area contributed by atoms with Gasteiger partial charge in [-0.3, -0.25) is 0 Å². The lowest BCUT2D eigenvalue weighted by Gasteiger charge is -2.14. The van der Waals surface area contributed by atoms with E-state index >= 15 is 0 Å². The van der Waals surface area contributed by atoms with Gasteiger partial charge in [-0.25, -0.2) is 0 Å². The summed E-state index contributed by atoms with van der Waals surface area (Å²) in [5.41, 5.74) is 2.65. The summed E-state index contributed by atoms with van der Waals surface area (Å²) in [5.74, 6) is 0.